The fraction of sp³-hybridized carbons (Fsp3) is 0.250. The van der Waals surface area contributed by atoms with Crippen LogP contribution < -0.4 is 0 Å². The van der Waals surface area contributed by atoms with Gasteiger partial charge in [-0.3, -0.25) is 9.56 Å². The van der Waals surface area contributed by atoms with E-state index in [9.17, 15) is 0 Å². The second kappa shape index (κ2) is 2.86. The molecule has 1 aliphatic heterocycles. The van der Waals surface area contributed by atoms with Crippen molar-refractivity contribution < 1.29 is 4.42 Å². The third-order valence-corrected chi connectivity index (χ3v) is 2.96. The maximum absolute atomic E-state index is 5.78. The van der Waals surface area contributed by atoms with Crippen molar-refractivity contribution in [2.45, 2.75) is 20.4 Å². The fourth-order valence-electron chi connectivity index (χ4n) is 1.95. The van der Waals surface area contributed by atoms with Gasteiger partial charge < -0.3 is 4.42 Å². The van der Waals surface area contributed by atoms with Crippen LogP contribution in [0, 0.1) is 13.8 Å². The molecule has 3 heteroatoms. The third kappa shape index (κ3) is 1.09. The molecule has 0 bridgehead atoms. The zero-order valence-electron chi connectivity index (χ0n) is 8.82. The summed E-state index contributed by atoms with van der Waals surface area (Å²) >= 11 is 0. The first-order chi connectivity index (χ1) is 7.27. The molecule has 3 rings (SSSR count). The number of furan rings is 1. The van der Waals surface area contributed by atoms with Crippen molar-refractivity contribution in [3.8, 4) is 5.88 Å². The molecular formula is C12H12N2O. The summed E-state index contributed by atoms with van der Waals surface area (Å²) in [6.07, 6.45) is 3.90. The summed E-state index contributed by atoms with van der Waals surface area (Å²) in [6.45, 7) is 4.79. The number of aliphatic imine (C=N–C) groups is 1. The lowest BCUT2D eigenvalue weighted by Crippen LogP contribution is -1.96. The minimum Gasteiger partial charge on any atom is -0.444 e. The lowest BCUT2D eigenvalue weighted by molar-refractivity contribution is 0.506. The molecule has 0 fully saturated rings. The van der Waals surface area contributed by atoms with Crippen LogP contribution in [-0.2, 0) is 6.54 Å². The van der Waals surface area contributed by atoms with Gasteiger partial charge in [-0.15, -0.1) is 0 Å². The molecule has 2 aromatic rings. The first kappa shape index (κ1) is 8.53. The molecule has 15 heavy (non-hydrogen) atoms. The maximum Gasteiger partial charge on any atom is 0.209 e. The van der Waals surface area contributed by atoms with Crippen molar-refractivity contribution >= 4 is 6.21 Å². The average molecular weight is 200 g/mol. The molecule has 0 aliphatic carbocycles. The highest BCUT2D eigenvalue weighted by Crippen LogP contribution is 2.28. The van der Waals surface area contributed by atoms with Crippen molar-refractivity contribution in [3.63, 3.8) is 0 Å². The maximum atomic E-state index is 5.78. The van der Waals surface area contributed by atoms with Crippen LogP contribution in [0.4, 0.5) is 0 Å². The Kier molecular flexibility index (Phi) is 1.63. The lowest BCUT2D eigenvalue weighted by Gasteiger charge is -2.01. The minimum absolute atomic E-state index is 0.709. The molecule has 0 atom stereocenters. The van der Waals surface area contributed by atoms with E-state index in [0.29, 0.717) is 6.54 Å². The molecule has 0 saturated carbocycles. The van der Waals surface area contributed by atoms with Crippen LogP contribution in [0.25, 0.3) is 5.88 Å². The van der Waals surface area contributed by atoms with Gasteiger partial charge >= 0.3 is 0 Å². The molecule has 0 unspecified atom stereocenters. The van der Waals surface area contributed by atoms with Crippen LogP contribution in [-0.4, -0.2) is 10.8 Å². The summed E-state index contributed by atoms with van der Waals surface area (Å²) in [5.41, 5.74) is 3.48. The summed E-state index contributed by atoms with van der Waals surface area (Å²) in [6, 6.07) is 4.04. The molecule has 0 saturated heterocycles. The fourth-order valence-corrected chi connectivity index (χ4v) is 1.95. The van der Waals surface area contributed by atoms with Gasteiger partial charge in [0.05, 0.1) is 12.2 Å². The minimum atomic E-state index is 0.709. The van der Waals surface area contributed by atoms with E-state index < -0.39 is 0 Å². The number of nitrogens with zero attached hydrogens (tertiary/aromatic N) is 2. The Balaban J connectivity index is 2.34. The number of hydrogen-bond donors (Lipinski definition) is 0. The van der Waals surface area contributed by atoms with E-state index in [2.05, 4.69) is 11.9 Å². The van der Waals surface area contributed by atoms with Crippen molar-refractivity contribution in [2.24, 2.45) is 4.99 Å². The molecule has 0 N–H and O–H groups in total. The molecule has 0 spiro atoms. The van der Waals surface area contributed by atoms with Crippen LogP contribution in [0.3, 0.4) is 0 Å². The monoisotopic (exact) mass is 200 g/mol. The number of fused-ring (bicyclic) bond motifs is 3. The summed E-state index contributed by atoms with van der Waals surface area (Å²) in [7, 11) is 0. The number of hydrogen-bond acceptors (Lipinski definition) is 2. The third-order valence-electron chi connectivity index (χ3n) is 2.96. The number of rotatable bonds is 0. The van der Waals surface area contributed by atoms with Gasteiger partial charge in [0, 0.05) is 18.0 Å². The molecule has 2 aromatic heterocycles. The van der Waals surface area contributed by atoms with E-state index in [0.717, 1.165) is 17.3 Å². The van der Waals surface area contributed by atoms with E-state index in [-0.39, 0.29) is 0 Å². The highest BCUT2D eigenvalue weighted by Gasteiger charge is 2.18. The first-order valence-corrected chi connectivity index (χ1v) is 5.04. The molecule has 0 amide bonds. The van der Waals surface area contributed by atoms with Crippen molar-refractivity contribution in [2.75, 3.05) is 0 Å². The molecule has 3 heterocycles. The van der Waals surface area contributed by atoms with Gasteiger partial charge in [0.15, 0.2) is 0 Å². The van der Waals surface area contributed by atoms with Crippen molar-refractivity contribution in [1.29, 1.82) is 0 Å². The van der Waals surface area contributed by atoms with Crippen LogP contribution in [0.1, 0.15) is 22.6 Å². The smallest absolute Gasteiger partial charge is 0.209 e. The second-order valence-corrected chi connectivity index (χ2v) is 3.84. The Morgan fingerprint density at radius 1 is 1.40 bits per heavy atom. The number of aryl methyl sites for hydroxylation is 1. The van der Waals surface area contributed by atoms with Gasteiger partial charge in [-0.2, -0.15) is 0 Å². The van der Waals surface area contributed by atoms with Gasteiger partial charge in [-0.1, -0.05) is 0 Å². The van der Waals surface area contributed by atoms with Crippen LogP contribution in [0.15, 0.2) is 27.7 Å². The first-order valence-electron chi connectivity index (χ1n) is 5.04. The van der Waals surface area contributed by atoms with E-state index in [1.807, 2.05) is 36.0 Å². The zero-order chi connectivity index (χ0) is 10.4. The topological polar surface area (TPSA) is 30.4 Å². The van der Waals surface area contributed by atoms with Gasteiger partial charge in [-0.25, -0.2) is 0 Å². The molecule has 3 nitrogen and oxygen atoms in total. The van der Waals surface area contributed by atoms with Gasteiger partial charge in [0.2, 0.25) is 5.88 Å². The molecule has 1 aliphatic rings. The van der Waals surface area contributed by atoms with Gasteiger partial charge in [0.1, 0.15) is 5.76 Å². The lowest BCUT2D eigenvalue weighted by atomic mass is 10.1. The second-order valence-electron chi connectivity index (χ2n) is 3.84. The molecule has 0 aromatic carbocycles. The van der Waals surface area contributed by atoms with Crippen molar-refractivity contribution in [3.05, 3.63) is 40.9 Å². The van der Waals surface area contributed by atoms with Crippen molar-refractivity contribution in [1.82, 2.24) is 4.57 Å². The Hall–Kier alpha value is -1.77. The van der Waals surface area contributed by atoms with Gasteiger partial charge in [-0.05, 0) is 31.5 Å². The highest BCUT2D eigenvalue weighted by molar-refractivity contribution is 5.79. The van der Waals surface area contributed by atoms with E-state index in [4.69, 9.17) is 4.42 Å². The van der Waals surface area contributed by atoms with E-state index in [1.165, 1.54) is 11.1 Å². The predicted molar refractivity (Wildman–Crippen MR) is 58.8 cm³/mol. The summed E-state index contributed by atoms with van der Waals surface area (Å²) in [5, 5.41) is 0. The molecular weight excluding hydrogens is 188 g/mol. The number of aromatic nitrogens is 1. The Bertz CT molecular complexity index is 546. The van der Waals surface area contributed by atoms with E-state index in [1.54, 1.807) is 0 Å². The summed E-state index contributed by atoms with van der Waals surface area (Å²) < 4.78 is 7.83. The normalized spacial score (nSPS) is 13.5. The Morgan fingerprint density at radius 2 is 2.27 bits per heavy atom. The molecule has 0 radical (unpaired) electrons. The largest absolute Gasteiger partial charge is 0.444 e. The van der Waals surface area contributed by atoms with Gasteiger partial charge in [0.25, 0.3) is 0 Å². The highest BCUT2D eigenvalue weighted by atomic mass is 16.4. The quantitative estimate of drug-likeness (QED) is 0.643. The van der Waals surface area contributed by atoms with Crippen LogP contribution >= 0.6 is 0 Å². The SMILES string of the molecule is Cc1oc2c(c1C)CN=Cc1cccn1-2. The van der Waals surface area contributed by atoms with E-state index >= 15 is 0 Å². The average Bonchev–Trinajstić information content (AvgIpc) is 2.73. The van der Waals surface area contributed by atoms with Crippen LogP contribution in [0.5, 0.6) is 0 Å². The van der Waals surface area contributed by atoms with Crippen LogP contribution in [0.2, 0.25) is 0 Å². The predicted octanol–water partition coefficient (Wildman–Crippen LogP) is 2.62. The summed E-state index contributed by atoms with van der Waals surface area (Å²) in [4.78, 5) is 4.39. The standard InChI is InChI=1S/C12H12N2O/c1-8-9(2)15-12-11(8)7-13-6-10-4-3-5-14(10)12/h3-6H,7H2,1-2H3. The Morgan fingerprint density at radius 3 is 3.13 bits per heavy atom. The Labute approximate surface area is 88.1 Å². The summed E-state index contributed by atoms with van der Waals surface area (Å²) in [5.74, 6) is 1.90. The molecule has 76 valence electrons. The zero-order valence-corrected chi connectivity index (χ0v) is 8.82.